The number of carbonyl (C=O) groups is 2. The van der Waals surface area contributed by atoms with Gasteiger partial charge in [-0.05, 0) is 56.5 Å². The molecule has 1 amide bonds. The first kappa shape index (κ1) is 21.3. The third kappa shape index (κ3) is 6.61. The summed E-state index contributed by atoms with van der Waals surface area (Å²) in [4.78, 5) is 24.0. The fourth-order valence-corrected chi connectivity index (χ4v) is 2.65. The summed E-state index contributed by atoms with van der Waals surface area (Å²) < 4.78 is 15.7. The summed E-state index contributed by atoms with van der Waals surface area (Å²) in [5.41, 5.74) is 3.14. The third-order valence-electron chi connectivity index (χ3n) is 4.23. The quantitative estimate of drug-likeness (QED) is 0.672. The first-order valence-corrected chi connectivity index (χ1v) is 9.19. The highest BCUT2D eigenvalue weighted by atomic mass is 16.6. The zero-order chi connectivity index (χ0) is 20.5. The Bertz CT molecular complexity index is 801. The van der Waals surface area contributed by atoms with Gasteiger partial charge in [-0.1, -0.05) is 29.8 Å². The summed E-state index contributed by atoms with van der Waals surface area (Å²) in [7, 11) is 1.62. The highest BCUT2D eigenvalue weighted by molar-refractivity contribution is 5.83. The van der Waals surface area contributed by atoms with Gasteiger partial charge in [0.15, 0.2) is 12.7 Å². The molecule has 0 aliphatic carbocycles. The number of ether oxygens (including phenoxy) is 3. The van der Waals surface area contributed by atoms with E-state index >= 15 is 0 Å². The van der Waals surface area contributed by atoms with E-state index in [-0.39, 0.29) is 12.5 Å². The lowest BCUT2D eigenvalue weighted by molar-refractivity contribution is -0.156. The van der Waals surface area contributed by atoms with Gasteiger partial charge in [-0.15, -0.1) is 0 Å². The molecule has 2 aromatic carbocycles. The normalized spacial score (nSPS) is 11.4. The summed E-state index contributed by atoms with van der Waals surface area (Å²) >= 11 is 0. The number of methoxy groups -OCH3 is 1. The van der Waals surface area contributed by atoms with E-state index < -0.39 is 12.1 Å². The van der Waals surface area contributed by atoms with Crippen LogP contribution in [0.2, 0.25) is 0 Å². The minimum atomic E-state index is -0.883. The Balaban J connectivity index is 1.70. The molecule has 0 saturated heterocycles. The second-order valence-corrected chi connectivity index (χ2v) is 6.58. The Morgan fingerprint density at radius 3 is 2.43 bits per heavy atom. The van der Waals surface area contributed by atoms with Gasteiger partial charge in [0.1, 0.15) is 11.5 Å². The molecular weight excluding hydrogens is 358 g/mol. The van der Waals surface area contributed by atoms with Crippen LogP contribution >= 0.6 is 0 Å². The molecule has 6 nitrogen and oxygen atoms in total. The van der Waals surface area contributed by atoms with Crippen molar-refractivity contribution < 1.29 is 23.8 Å². The number of hydrogen-bond donors (Lipinski definition) is 1. The molecule has 0 aliphatic rings. The molecule has 28 heavy (non-hydrogen) atoms. The molecule has 2 rings (SSSR count). The molecule has 0 spiro atoms. The highest BCUT2D eigenvalue weighted by Gasteiger charge is 2.18. The molecular formula is C22H27NO5. The van der Waals surface area contributed by atoms with Gasteiger partial charge in [0, 0.05) is 6.54 Å². The van der Waals surface area contributed by atoms with Gasteiger partial charge >= 0.3 is 5.97 Å². The molecule has 0 aliphatic heterocycles. The van der Waals surface area contributed by atoms with Gasteiger partial charge in [-0.25, -0.2) is 4.79 Å². The van der Waals surface area contributed by atoms with Gasteiger partial charge in [0.25, 0.3) is 5.91 Å². The zero-order valence-corrected chi connectivity index (χ0v) is 16.8. The number of hydrogen-bond acceptors (Lipinski definition) is 5. The summed E-state index contributed by atoms with van der Waals surface area (Å²) in [6.07, 6.45) is -0.210. The predicted octanol–water partition coefficient (Wildman–Crippen LogP) is 2.98. The lowest BCUT2D eigenvalue weighted by atomic mass is 10.1. The number of carbonyl (C=O) groups excluding carboxylic acids is 2. The number of rotatable bonds is 9. The largest absolute Gasteiger partial charge is 0.497 e. The zero-order valence-electron chi connectivity index (χ0n) is 16.8. The molecule has 6 heteroatoms. The van der Waals surface area contributed by atoms with E-state index in [1.54, 1.807) is 7.11 Å². The second kappa shape index (κ2) is 10.3. The molecule has 150 valence electrons. The first-order valence-electron chi connectivity index (χ1n) is 9.19. The van der Waals surface area contributed by atoms with Gasteiger partial charge in [-0.3, -0.25) is 4.79 Å². The number of aryl methyl sites for hydroxylation is 2. The van der Waals surface area contributed by atoms with Crippen molar-refractivity contribution in [3.05, 3.63) is 59.2 Å². The van der Waals surface area contributed by atoms with E-state index in [4.69, 9.17) is 14.2 Å². The SMILES string of the molecule is COc1ccc(CCNC(=O)[C@H](C)OC(=O)COc2ccc(C)cc2C)cc1. The Hall–Kier alpha value is -3.02. The molecule has 0 unspecified atom stereocenters. The first-order chi connectivity index (χ1) is 13.4. The average Bonchev–Trinajstić information content (AvgIpc) is 2.67. The monoisotopic (exact) mass is 385 g/mol. The molecule has 0 radical (unpaired) electrons. The van der Waals surface area contributed by atoms with E-state index in [0.29, 0.717) is 18.7 Å². The van der Waals surface area contributed by atoms with E-state index in [9.17, 15) is 9.59 Å². The fraction of sp³-hybridized carbons (Fsp3) is 0.364. The van der Waals surface area contributed by atoms with E-state index in [1.165, 1.54) is 6.92 Å². The van der Waals surface area contributed by atoms with E-state index in [2.05, 4.69) is 5.32 Å². The van der Waals surface area contributed by atoms with Crippen molar-refractivity contribution in [1.29, 1.82) is 0 Å². The van der Waals surface area contributed by atoms with Crippen LogP contribution in [0.25, 0.3) is 0 Å². The lowest BCUT2D eigenvalue weighted by Crippen LogP contribution is -2.37. The molecule has 1 atom stereocenters. The van der Waals surface area contributed by atoms with Crippen LogP contribution in [0, 0.1) is 13.8 Å². The summed E-state index contributed by atoms with van der Waals surface area (Å²) in [6, 6.07) is 13.3. The van der Waals surface area contributed by atoms with Crippen molar-refractivity contribution in [3.8, 4) is 11.5 Å². The highest BCUT2D eigenvalue weighted by Crippen LogP contribution is 2.18. The Labute approximate surface area is 165 Å². The average molecular weight is 385 g/mol. The molecule has 0 saturated carbocycles. The van der Waals surface area contributed by atoms with E-state index in [0.717, 1.165) is 22.4 Å². The van der Waals surface area contributed by atoms with Gasteiger partial charge in [-0.2, -0.15) is 0 Å². The van der Waals surface area contributed by atoms with Crippen LogP contribution in [0.1, 0.15) is 23.6 Å². The van der Waals surface area contributed by atoms with Crippen molar-refractivity contribution in [3.63, 3.8) is 0 Å². The number of benzene rings is 2. The van der Waals surface area contributed by atoms with Crippen LogP contribution in [-0.4, -0.2) is 38.2 Å². The maximum absolute atomic E-state index is 12.1. The molecule has 0 bridgehead atoms. The predicted molar refractivity (Wildman–Crippen MR) is 107 cm³/mol. The molecule has 2 aromatic rings. The minimum absolute atomic E-state index is 0.243. The van der Waals surface area contributed by atoms with Gasteiger partial charge in [0.2, 0.25) is 0 Å². The summed E-state index contributed by atoms with van der Waals surface area (Å²) in [5.74, 6) is 0.488. The third-order valence-corrected chi connectivity index (χ3v) is 4.23. The number of esters is 1. The smallest absolute Gasteiger partial charge is 0.344 e. The van der Waals surface area contributed by atoms with Crippen molar-refractivity contribution in [1.82, 2.24) is 5.32 Å². The fourth-order valence-electron chi connectivity index (χ4n) is 2.65. The van der Waals surface area contributed by atoms with Gasteiger partial charge < -0.3 is 19.5 Å². The van der Waals surface area contributed by atoms with Crippen molar-refractivity contribution in [2.24, 2.45) is 0 Å². The van der Waals surface area contributed by atoms with Crippen LogP contribution < -0.4 is 14.8 Å². The molecule has 1 N–H and O–H groups in total. The maximum Gasteiger partial charge on any atom is 0.344 e. The summed E-state index contributed by atoms with van der Waals surface area (Å²) in [6.45, 7) is 5.64. The Morgan fingerprint density at radius 1 is 1.07 bits per heavy atom. The Kier molecular flexibility index (Phi) is 7.87. The maximum atomic E-state index is 12.1. The summed E-state index contributed by atoms with van der Waals surface area (Å²) in [5, 5.41) is 2.77. The van der Waals surface area contributed by atoms with E-state index in [1.807, 2.05) is 56.3 Å². The number of amides is 1. The number of nitrogens with one attached hydrogen (secondary N) is 1. The molecule has 0 fully saturated rings. The van der Waals surface area contributed by atoms with Crippen LogP contribution in [0.15, 0.2) is 42.5 Å². The topological polar surface area (TPSA) is 73.9 Å². The van der Waals surface area contributed by atoms with Crippen LogP contribution in [-0.2, 0) is 20.7 Å². The van der Waals surface area contributed by atoms with Crippen LogP contribution in [0.5, 0.6) is 11.5 Å². The van der Waals surface area contributed by atoms with Crippen molar-refractivity contribution in [2.75, 3.05) is 20.3 Å². The molecule has 0 aromatic heterocycles. The second-order valence-electron chi connectivity index (χ2n) is 6.58. The Morgan fingerprint density at radius 2 is 1.79 bits per heavy atom. The minimum Gasteiger partial charge on any atom is -0.497 e. The van der Waals surface area contributed by atoms with Crippen molar-refractivity contribution in [2.45, 2.75) is 33.3 Å². The lowest BCUT2D eigenvalue weighted by Gasteiger charge is -2.14. The van der Waals surface area contributed by atoms with Crippen molar-refractivity contribution >= 4 is 11.9 Å². The molecule has 0 heterocycles. The van der Waals surface area contributed by atoms with Gasteiger partial charge in [0.05, 0.1) is 7.11 Å². The van der Waals surface area contributed by atoms with Crippen LogP contribution in [0.4, 0.5) is 0 Å². The standard InChI is InChI=1S/C22H27NO5/c1-15-5-10-20(16(2)13-15)27-14-21(24)28-17(3)22(25)23-12-11-18-6-8-19(26-4)9-7-18/h5-10,13,17H,11-12,14H2,1-4H3,(H,23,25)/t17-/m0/s1. The van der Waals surface area contributed by atoms with Crippen LogP contribution in [0.3, 0.4) is 0 Å².